The number of benzene rings is 1. The predicted octanol–water partition coefficient (Wildman–Crippen LogP) is 4.50. The summed E-state index contributed by atoms with van der Waals surface area (Å²) in [6.45, 7) is 9.01. The first-order valence-corrected chi connectivity index (χ1v) is 7.96. The maximum atomic E-state index is 3.68. The molecule has 0 spiro atoms. The van der Waals surface area contributed by atoms with E-state index in [4.69, 9.17) is 0 Å². The summed E-state index contributed by atoms with van der Waals surface area (Å²) in [4.78, 5) is 0. The molecular formula is C18H29N. The third-order valence-corrected chi connectivity index (χ3v) is 4.53. The first kappa shape index (κ1) is 14.6. The number of hydrogen-bond acceptors (Lipinski definition) is 1. The molecule has 0 atom stereocenters. The van der Waals surface area contributed by atoms with E-state index in [2.05, 4.69) is 44.3 Å². The third-order valence-electron chi connectivity index (χ3n) is 4.53. The molecule has 1 aliphatic carbocycles. The number of hydrogen-bond donors (Lipinski definition) is 1. The number of aryl methyl sites for hydroxylation is 2. The van der Waals surface area contributed by atoms with Gasteiger partial charge in [-0.15, -0.1) is 0 Å². The minimum absolute atomic E-state index is 0.393. The van der Waals surface area contributed by atoms with Crippen molar-refractivity contribution in [3.8, 4) is 0 Å². The Balaban J connectivity index is 2.24. The van der Waals surface area contributed by atoms with Crippen molar-refractivity contribution in [3.63, 3.8) is 0 Å². The maximum absolute atomic E-state index is 3.68. The van der Waals surface area contributed by atoms with Gasteiger partial charge in [0.15, 0.2) is 0 Å². The number of rotatable bonds is 5. The van der Waals surface area contributed by atoms with E-state index in [1.54, 1.807) is 5.56 Å². The monoisotopic (exact) mass is 259 g/mol. The third kappa shape index (κ3) is 3.60. The normalized spacial score (nSPS) is 18.5. The van der Waals surface area contributed by atoms with Crippen LogP contribution in [-0.2, 0) is 5.41 Å². The second-order valence-electron chi connectivity index (χ2n) is 6.39. The molecule has 0 saturated heterocycles. The van der Waals surface area contributed by atoms with Gasteiger partial charge in [-0.25, -0.2) is 0 Å². The fourth-order valence-corrected chi connectivity index (χ4v) is 3.58. The van der Waals surface area contributed by atoms with Crippen LogP contribution in [-0.4, -0.2) is 13.1 Å². The molecule has 1 nitrogen and oxygen atoms in total. The van der Waals surface area contributed by atoms with Crippen molar-refractivity contribution in [1.29, 1.82) is 0 Å². The standard InChI is InChI=1S/C18H29N/c1-4-10-19-14-18(8-6-5-7-9-18)17-12-15(2)11-16(3)13-17/h11-13,19H,4-10,14H2,1-3H3. The van der Waals surface area contributed by atoms with Crippen molar-refractivity contribution in [3.05, 3.63) is 34.9 Å². The zero-order chi connectivity index (χ0) is 13.7. The number of nitrogens with one attached hydrogen (secondary N) is 1. The maximum Gasteiger partial charge on any atom is 0.00779 e. The van der Waals surface area contributed by atoms with E-state index >= 15 is 0 Å². The average molecular weight is 259 g/mol. The summed E-state index contributed by atoms with van der Waals surface area (Å²) in [7, 11) is 0. The van der Waals surface area contributed by atoms with Crippen LogP contribution in [0.1, 0.15) is 62.1 Å². The molecule has 1 heteroatoms. The van der Waals surface area contributed by atoms with E-state index in [9.17, 15) is 0 Å². The lowest BCUT2D eigenvalue weighted by atomic mass is 9.69. The van der Waals surface area contributed by atoms with Crippen LogP contribution in [0, 0.1) is 13.8 Å². The Kier molecular flexibility index (Phi) is 5.04. The molecule has 0 aromatic heterocycles. The van der Waals surface area contributed by atoms with Gasteiger partial charge < -0.3 is 5.32 Å². The van der Waals surface area contributed by atoms with E-state index in [0.717, 1.165) is 13.1 Å². The van der Waals surface area contributed by atoms with Gasteiger partial charge in [-0.3, -0.25) is 0 Å². The Hall–Kier alpha value is -0.820. The second-order valence-corrected chi connectivity index (χ2v) is 6.39. The van der Waals surface area contributed by atoms with Crippen LogP contribution in [0.5, 0.6) is 0 Å². The highest BCUT2D eigenvalue weighted by Crippen LogP contribution is 2.39. The van der Waals surface area contributed by atoms with E-state index in [-0.39, 0.29) is 0 Å². The summed E-state index contributed by atoms with van der Waals surface area (Å²) in [5.74, 6) is 0. The van der Waals surface area contributed by atoms with Crippen molar-refractivity contribution in [1.82, 2.24) is 5.32 Å². The lowest BCUT2D eigenvalue weighted by Gasteiger charge is -2.38. The zero-order valence-electron chi connectivity index (χ0n) is 12.9. The molecule has 106 valence electrons. The van der Waals surface area contributed by atoms with Gasteiger partial charge in [0.1, 0.15) is 0 Å². The van der Waals surface area contributed by atoms with E-state index in [0.29, 0.717) is 5.41 Å². The molecule has 1 aliphatic rings. The largest absolute Gasteiger partial charge is 0.316 e. The first-order valence-electron chi connectivity index (χ1n) is 7.96. The van der Waals surface area contributed by atoms with E-state index in [1.165, 1.54) is 49.7 Å². The molecule has 0 radical (unpaired) electrons. The van der Waals surface area contributed by atoms with Crippen molar-refractivity contribution < 1.29 is 0 Å². The topological polar surface area (TPSA) is 12.0 Å². The summed E-state index contributed by atoms with van der Waals surface area (Å²) in [6, 6.07) is 7.14. The molecule has 1 saturated carbocycles. The lowest BCUT2D eigenvalue weighted by Crippen LogP contribution is -2.40. The van der Waals surface area contributed by atoms with Gasteiger partial charge in [-0.2, -0.15) is 0 Å². The molecule has 19 heavy (non-hydrogen) atoms. The summed E-state index contributed by atoms with van der Waals surface area (Å²) in [6.07, 6.45) is 8.13. The Morgan fingerprint density at radius 2 is 1.63 bits per heavy atom. The van der Waals surface area contributed by atoms with Gasteiger partial charge in [-0.05, 0) is 45.2 Å². The molecule has 0 amide bonds. The second kappa shape index (κ2) is 6.56. The molecule has 1 aromatic rings. The lowest BCUT2D eigenvalue weighted by molar-refractivity contribution is 0.280. The van der Waals surface area contributed by atoms with Crippen LogP contribution < -0.4 is 5.32 Å². The molecule has 0 heterocycles. The fourth-order valence-electron chi connectivity index (χ4n) is 3.58. The van der Waals surface area contributed by atoms with Crippen molar-refractivity contribution >= 4 is 0 Å². The van der Waals surface area contributed by atoms with Gasteiger partial charge in [0.2, 0.25) is 0 Å². The Bertz CT molecular complexity index is 382. The summed E-state index contributed by atoms with van der Waals surface area (Å²) in [5.41, 5.74) is 4.80. The summed E-state index contributed by atoms with van der Waals surface area (Å²) in [5, 5.41) is 3.68. The van der Waals surface area contributed by atoms with Crippen LogP contribution in [0.15, 0.2) is 18.2 Å². The van der Waals surface area contributed by atoms with E-state index in [1.807, 2.05) is 0 Å². The van der Waals surface area contributed by atoms with Crippen molar-refractivity contribution in [2.24, 2.45) is 0 Å². The predicted molar refractivity (Wildman–Crippen MR) is 83.8 cm³/mol. The summed E-state index contributed by atoms with van der Waals surface area (Å²) >= 11 is 0. The molecule has 1 fully saturated rings. The minimum atomic E-state index is 0.393. The fraction of sp³-hybridized carbons (Fsp3) is 0.667. The molecule has 0 unspecified atom stereocenters. The molecular weight excluding hydrogens is 230 g/mol. The molecule has 0 bridgehead atoms. The molecule has 0 aliphatic heterocycles. The van der Waals surface area contributed by atoms with Gasteiger partial charge in [0, 0.05) is 12.0 Å². The Morgan fingerprint density at radius 1 is 1.00 bits per heavy atom. The molecule has 1 aromatic carbocycles. The van der Waals surface area contributed by atoms with Crippen LogP contribution in [0.2, 0.25) is 0 Å². The van der Waals surface area contributed by atoms with Crippen LogP contribution in [0.3, 0.4) is 0 Å². The quantitative estimate of drug-likeness (QED) is 0.767. The smallest absolute Gasteiger partial charge is 0.00779 e. The van der Waals surface area contributed by atoms with Crippen molar-refractivity contribution in [2.45, 2.75) is 64.7 Å². The Morgan fingerprint density at radius 3 is 2.21 bits per heavy atom. The summed E-state index contributed by atoms with van der Waals surface area (Å²) < 4.78 is 0. The van der Waals surface area contributed by atoms with Crippen LogP contribution >= 0.6 is 0 Å². The SMILES string of the molecule is CCCNCC1(c2cc(C)cc(C)c2)CCCCC1. The molecule has 1 N–H and O–H groups in total. The molecule has 2 rings (SSSR count). The average Bonchev–Trinajstić information content (AvgIpc) is 2.39. The highest BCUT2D eigenvalue weighted by atomic mass is 14.9. The van der Waals surface area contributed by atoms with Gasteiger partial charge >= 0.3 is 0 Å². The van der Waals surface area contributed by atoms with E-state index < -0.39 is 0 Å². The van der Waals surface area contributed by atoms with Gasteiger partial charge in [0.05, 0.1) is 0 Å². The Labute approximate surface area is 118 Å². The van der Waals surface area contributed by atoms with Gasteiger partial charge in [0.25, 0.3) is 0 Å². The highest BCUT2D eigenvalue weighted by Gasteiger charge is 2.33. The minimum Gasteiger partial charge on any atom is -0.316 e. The van der Waals surface area contributed by atoms with Crippen LogP contribution in [0.25, 0.3) is 0 Å². The van der Waals surface area contributed by atoms with Gasteiger partial charge in [-0.1, -0.05) is 55.5 Å². The van der Waals surface area contributed by atoms with Crippen LogP contribution in [0.4, 0.5) is 0 Å². The first-order chi connectivity index (χ1) is 9.16. The highest BCUT2D eigenvalue weighted by molar-refractivity contribution is 5.35. The zero-order valence-corrected chi connectivity index (χ0v) is 12.9. The van der Waals surface area contributed by atoms with Crippen molar-refractivity contribution in [2.75, 3.05) is 13.1 Å².